The Bertz CT molecular complexity index is 250. The number of carbonyl (C=O) groups excluding carboxylic acids is 1. The fourth-order valence-electron chi connectivity index (χ4n) is 2.34. The number of hydrogen-bond donors (Lipinski definition) is 2. The number of nitrogens with zero attached hydrogens (tertiary/aromatic N) is 1. The molecule has 1 saturated heterocycles. The van der Waals surface area contributed by atoms with Crippen molar-refractivity contribution in [2.45, 2.75) is 26.2 Å². The third-order valence-electron chi connectivity index (χ3n) is 3.94. The molecule has 0 aromatic heterocycles. The van der Waals surface area contributed by atoms with E-state index in [1.165, 1.54) is 0 Å². The van der Waals surface area contributed by atoms with Gasteiger partial charge in [-0.05, 0) is 19.3 Å². The molecule has 17 heavy (non-hydrogen) atoms. The van der Waals surface area contributed by atoms with E-state index in [2.05, 4.69) is 22.5 Å². The Balaban J connectivity index is 0.00000144. The average molecular weight is 262 g/mol. The molecule has 1 amide bonds. The van der Waals surface area contributed by atoms with Gasteiger partial charge in [-0.25, -0.2) is 0 Å². The van der Waals surface area contributed by atoms with Gasteiger partial charge in [-0.2, -0.15) is 0 Å². The zero-order valence-corrected chi connectivity index (χ0v) is 11.4. The number of hydrogen-bond acceptors (Lipinski definition) is 3. The molecule has 1 aliphatic heterocycles. The fourth-order valence-corrected chi connectivity index (χ4v) is 2.34. The molecule has 5 heteroatoms. The highest BCUT2D eigenvalue weighted by Crippen LogP contribution is 2.48. The summed E-state index contributed by atoms with van der Waals surface area (Å²) in [6.07, 6.45) is 3.17. The molecular formula is C12H24ClN3O. The van der Waals surface area contributed by atoms with Crippen LogP contribution in [0.2, 0.25) is 0 Å². The Morgan fingerprint density at radius 1 is 1.35 bits per heavy atom. The Morgan fingerprint density at radius 3 is 2.53 bits per heavy atom. The van der Waals surface area contributed by atoms with Crippen molar-refractivity contribution in [2.75, 3.05) is 39.3 Å². The molecule has 0 atom stereocenters. The number of halogens is 1. The largest absolute Gasteiger partial charge is 0.354 e. The first kappa shape index (κ1) is 14.7. The Hall–Kier alpha value is -0.320. The van der Waals surface area contributed by atoms with Crippen LogP contribution in [0.5, 0.6) is 0 Å². The van der Waals surface area contributed by atoms with E-state index in [-0.39, 0.29) is 23.7 Å². The van der Waals surface area contributed by atoms with Gasteiger partial charge >= 0.3 is 0 Å². The van der Waals surface area contributed by atoms with Crippen molar-refractivity contribution in [3.63, 3.8) is 0 Å². The van der Waals surface area contributed by atoms with Crippen LogP contribution in [-0.2, 0) is 4.79 Å². The first-order chi connectivity index (χ1) is 7.77. The number of amides is 1. The van der Waals surface area contributed by atoms with E-state index >= 15 is 0 Å². The molecule has 2 N–H and O–H groups in total. The van der Waals surface area contributed by atoms with Crippen molar-refractivity contribution in [1.82, 2.24) is 15.5 Å². The second-order valence-corrected chi connectivity index (χ2v) is 4.98. The number of nitrogens with one attached hydrogen (secondary N) is 2. The molecule has 1 saturated carbocycles. The average Bonchev–Trinajstić information content (AvgIpc) is 3.11. The summed E-state index contributed by atoms with van der Waals surface area (Å²) in [7, 11) is 0. The minimum Gasteiger partial charge on any atom is -0.354 e. The van der Waals surface area contributed by atoms with E-state index in [1.807, 2.05) is 0 Å². The maximum Gasteiger partial charge on any atom is 0.226 e. The second kappa shape index (κ2) is 6.57. The normalized spacial score (nSPS) is 22.6. The van der Waals surface area contributed by atoms with Gasteiger partial charge in [-0.15, -0.1) is 12.4 Å². The van der Waals surface area contributed by atoms with Gasteiger partial charge in [-0.1, -0.05) is 6.92 Å². The highest BCUT2D eigenvalue weighted by Gasteiger charge is 2.47. The minimum atomic E-state index is 0. The van der Waals surface area contributed by atoms with E-state index in [4.69, 9.17) is 0 Å². The van der Waals surface area contributed by atoms with Crippen molar-refractivity contribution >= 4 is 18.3 Å². The molecule has 0 spiro atoms. The van der Waals surface area contributed by atoms with Gasteiger partial charge in [-0.3, -0.25) is 9.69 Å². The summed E-state index contributed by atoms with van der Waals surface area (Å²) in [6, 6.07) is 0. The lowest BCUT2D eigenvalue weighted by atomic mass is 10.0. The quantitative estimate of drug-likeness (QED) is 0.763. The third kappa shape index (κ3) is 3.83. The van der Waals surface area contributed by atoms with E-state index < -0.39 is 0 Å². The molecule has 1 aliphatic carbocycles. The van der Waals surface area contributed by atoms with Crippen LogP contribution in [0.15, 0.2) is 0 Å². The lowest BCUT2D eigenvalue weighted by Crippen LogP contribution is -2.46. The summed E-state index contributed by atoms with van der Waals surface area (Å²) in [6.45, 7) is 8.28. The summed E-state index contributed by atoms with van der Waals surface area (Å²) >= 11 is 0. The van der Waals surface area contributed by atoms with E-state index in [9.17, 15) is 4.79 Å². The number of piperazine rings is 1. The van der Waals surface area contributed by atoms with Crippen LogP contribution in [0, 0.1) is 5.41 Å². The van der Waals surface area contributed by atoms with E-state index in [0.717, 1.165) is 58.5 Å². The zero-order valence-electron chi connectivity index (χ0n) is 10.6. The van der Waals surface area contributed by atoms with Gasteiger partial charge in [0.1, 0.15) is 0 Å². The SMILES string of the molecule is CCC1(C(=O)NCCN2CCNCC2)CC1.Cl. The molecule has 100 valence electrons. The molecule has 0 aromatic rings. The highest BCUT2D eigenvalue weighted by atomic mass is 35.5. The van der Waals surface area contributed by atoms with Crippen molar-refractivity contribution in [3.05, 3.63) is 0 Å². The predicted octanol–water partition coefficient (Wildman–Crippen LogP) is 0.620. The van der Waals surface area contributed by atoms with Crippen LogP contribution >= 0.6 is 12.4 Å². The van der Waals surface area contributed by atoms with Crippen molar-refractivity contribution in [2.24, 2.45) is 5.41 Å². The molecule has 1 heterocycles. The molecule has 2 fully saturated rings. The lowest BCUT2D eigenvalue weighted by molar-refractivity contribution is -0.126. The standard InChI is InChI=1S/C12H23N3O.ClH/c1-2-12(3-4-12)11(16)14-7-10-15-8-5-13-6-9-15;/h13H,2-10H2,1H3,(H,14,16);1H. The van der Waals surface area contributed by atoms with Crippen LogP contribution in [0.4, 0.5) is 0 Å². The van der Waals surface area contributed by atoms with Crippen LogP contribution in [0.3, 0.4) is 0 Å². The van der Waals surface area contributed by atoms with Crippen LogP contribution < -0.4 is 10.6 Å². The van der Waals surface area contributed by atoms with Crippen molar-refractivity contribution in [3.8, 4) is 0 Å². The first-order valence-corrected chi connectivity index (χ1v) is 6.48. The molecule has 0 radical (unpaired) electrons. The molecule has 0 bridgehead atoms. The predicted molar refractivity (Wildman–Crippen MR) is 71.5 cm³/mol. The van der Waals surface area contributed by atoms with Gasteiger partial charge in [0.25, 0.3) is 0 Å². The Labute approximate surface area is 110 Å². The second-order valence-electron chi connectivity index (χ2n) is 4.98. The van der Waals surface area contributed by atoms with Gasteiger partial charge in [0.2, 0.25) is 5.91 Å². The lowest BCUT2D eigenvalue weighted by Gasteiger charge is -2.27. The molecule has 4 nitrogen and oxygen atoms in total. The maximum atomic E-state index is 11.9. The minimum absolute atomic E-state index is 0. The van der Waals surface area contributed by atoms with E-state index in [1.54, 1.807) is 0 Å². The maximum absolute atomic E-state index is 11.9. The van der Waals surface area contributed by atoms with Crippen molar-refractivity contribution < 1.29 is 4.79 Å². The summed E-state index contributed by atoms with van der Waals surface area (Å²) in [5, 5.41) is 6.41. The smallest absolute Gasteiger partial charge is 0.226 e. The molecular weight excluding hydrogens is 238 g/mol. The van der Waals surface area contributed by atoms with Crippen LogP contribution in [0.1, 0.15) is 26.2 Å². The van der Waals surface area contributed by atoms with E-state index in [0.29, 0.717) is 0 Å². The van der Waals surface area contributed by atoms with Crippen molar-refractivity contribution in [1.29, 1.82) is 0 Å². The highest BCUT2D eigenvalue weighted by molar-refractivity contribution is 5.85. The molecule has 0 aromatic carbocycles. The summed E-state index contributed by atoms with van der Waals surface area (Å²) in [5.41, 5.74) is 0.0173. The van der Waals surface area contributed by atoms with Gasteiger partial charge in [0.05, 0.1) is 0 Å². The number of rotatable bonds is 5. The number of carbonyl (C=O) groups is 1. The molecule has 2 rings (SSSR count). The van der Waals surface area contributed by atoms with Gasteiger partial charge in [0.15, 0.2) is 0 Å². The van der Waals surface area contributed by atoms with Gasteiger partial charge in [0, 0.05) is 44.7 Å². The fraction of sp³-hybridized carbons (Fsp3) is 0.917. The zero-order chi connectivity index (χ0) is 11.4. The van der Waals surface area contributed by atoms with Crippen LogP contribution in [0.25, 0.3) is 0 Å². The Morgan fingerprint density at radius 2 is 2.00 bits per heavy atom. The topological polar surface area (TPSA) is 44.4 Å². The summed E-state index contributed by atoms with van der Waals surface area (Å²) < 4.78 is 0. The molecule has 2 aliphatic rings. The summed E-state index contributed by atoms with van der Waals surface area (Å²) in [5.74, 6) is 0.283. The first-order valence-electron chi connectivity index (χ1n) is 6.48. The summed E-state index contributed by atoms with van der Waals surface area (Å²) in [4.78, 5) is 14.3. The third-order valence-corrected chi connectivity index (χ3v) is 3.94. The monoisotopic (exact) mass is 261 g/mol. The van der Waals surface area contributed by atoms with Gasteiger partial charge < -0.3 is 10.6 Å². The Kier molecular flexibility index (Phi) is 5.70. The van der Waals surface area contributed by atoms with Crippen LogP contribution in [-0.4, -0.2) is 50.1 Å². The molecule has 0 unspecified atom stereocenters.